The number of carbonyl (C=O) groups excluding carboxylic acids is 1. The molecule has 0 saturated carbocycles. The van der Waals surface area contributed by atoms with Crippen molar-refractivity contribution in [2.24, 2.45) is 5.92 Å². The number of methoxy groups -OCH3 is 1. The molecule has 5 heteroatoms. The van der Waals surface area contributed by atoms with Gasteiger partial charge in [0.15, 0.2) is 5.78 Å². The van der Waals surface area contributed by atoms with E-state index >= 15 is 0 Å². The van der Waals surface area contributed by atoms with Gasteiger partial charge in [-0.1, -0.05) is 23.2 Å². The van der Waals surface area contributed by atoms with Gasteiger partial charge >= 0.3 is 0 Å². The lowest BCUT2D eigenvalue weighted by atomic mass is 9.97. The van der Waals surface area contributed by atoms with E-state index in [-0.39, 0.29) is 5.78 Å². The number of benzene rings is 1. The molecule has 0 spiro atoms. The molecule has 1 aliphatic rings. The van der Waals surface area contributed by atoms with Crippen LogP contribution in [0.1, 0.15) is 23.2 Å². The fraction of sp³-hybridized carbons (Fsp3) is 0.533. The Morgan fingerprint density at radius 2 is 2.00 bits per heavy atom. The number of carbonyl (C=O) groups is 1. The van der Waals surface area contributed by atoms with Gasteiger partial charge in [0.25, 0.3) is 0 Å². The SMILES string of the molecule is COCC1CCN(CC(=O)c2ccc(Cl)c(Cl)c2)CC1. The molecular weight excluding hydrogens is 297 g/mol. The van der Waals surface area contributed by atoms with E-state index in [1.54, 1.807) is 25.3 Å². The van der Waals surface area contributed by atoms with Gasteiger partial charge in [0.2, 0.25) is 0 Å². The number of piperidine rings is 1. The van der Waals surface area contributed by atoms with Crippen LogP contribution in [0, 0.1) is 5.92 Å². The van der Waals surface area contributed by atoms with Gasteiger partial charge in [0.05, 0.1) is 16.6 Å². The highest BCUT2D eigenvalue weighted by atomic mass is 35.5. The number of halogens is 2. The van der Waals surface area contributed by atoms with Crippen molar-refractivity contribution in [3.05, 3.63) is 33.8 Å². The van der Waals surface area contributed by atoms with E-state index in [0.29, 0.717) is 28.1 Å². The van der Waals surface area contributed by atoms with Crippen LogP contribution >= 0.6 is 23.2 Å². The molecule has 20 heavy (non-hydrogen) atoms. The highest BCUT2D eigenvalue weighted by Gasteiger charge is 2.21. The first-order chi connectivity index (χ1) is 9.60. The third kappa shape index (κ3) is 4.19. The lowest BCUT2D eigenvalue weighted by Crippen LogP contribution is -2.38. The first kappa shape index (κ1) is 15.8. The first-order valence-electron chi connectivity index (χ1n) is 6.79. The highest BCUT2D eigenvalue weighted by Crippen LogP contribution is 2.23. The van der Waals surface area contributed by atoms with Crippen molar-refractivity contribution in [2.45, 2.75) is 12.8 Å². The van der Waals surface area contributed by atoms with Crippen molar-refractivity contribution >= 4 is 29.0 Å². The van der Waals surface area contributed by atoms with E-state index in [9.17, 15) is 4.79 Å². The second-order valence-electron chi connectivity index (χ2n) is 5.23. The molecule has 0 unspecified atom stereocenters. The normalized spacial score (nSPS) is 17.4. The minimum atomic E-state index is 0.0914. The lowest BCUT2D eigenvalue weighted by Gasteiger charge is -2.31. The molecule has 1 heterocycles. The summed E-state index contributed by atoms with van der Waals surface area (Å²) in [6.45, 7) is 3.15. The zero-order valence-electron chi connectivity index (χ0n) is 11.6. The Hall–Kier alpha value is -0.610. The van der Waals surface area contributed by atoms with Gasteiger partial charge in [0.1, 0.15) is 0 Å². The van der Waals surface area contributed by atoms with Gasteiger partial charge in [-0.15, -0.1) is 0 Å². The van der Waals surface area contributed by atoms with Gasteiger partial charge in [-0.2, -0.15) is 0 Å². The summed E-state index contributed by atoms with van der Waals surface area (Å²) in [5.74, 6) is 0.713. The number of ether oxygens (including phenoxy) is 1. The molecule has 3 nitrogen and oxygen atoms in total. The van der Waals surface area contributed by atoms with E-state index in [4.69, 9.17) is 27.9 Å². The molecule has 1 aromatic rings. The van der Waals surface area contributed by atoms with Crippen LogP contribution in [0.25, 0.3) is 0 Å². The average Bonchev–Trinajstić information content (AvgIpc) is 2.44. The fourth-order valence-corrected chi connectivity index (χ4v) is 2.81. The molecule has 2 rings (SSSR count). The van der Waals surface area contributed by atoms with Crippen molar-refractivity contribution in [3.63, 3.8) is 0 Å². The predicted octanol–water partition coefficient (Wildman–Crippen LogP) is 3.53. The van der Waals surface area contributed by atoms with Crippen molar-refractivity contribution in [1.82, 2.24) is 4.90 Å². The average molecular weight is 316 g/mol. The number of nitrogens with zero attached hydrogens (tertiary/aromatic N) is 1. The molecule has 110 valence electrons. The Morgan fingerprint density at radius 1 is 1.30 bits per heavy atom. The standard InChI is InChI=1S/C15H19Cl2NO2/c1-20-10-11-4-6-18(7-5-11)9-15(19)12-2-3-13(16)14(17)8-12/h2-3,8,11H,4-7,9-10H2,1H3. The number of hydrogen-bond acceptors (Lipinski definition) is 3. The number of rotatable bonds is 5. The summed E-state index contributed by atoms with van der Waals surface area (Å²) in [6, 6.07) is 5.04. The smallest absolute Gasteiger partial charge is 0.176 e. The van der Waals surface area contributed by atoms with Gasteiger partial charge in [-0.05, 0) is 50.0 Å². The Kier molecular flexibility index (Phi) is 5.85. The van der Waals surface area contributed by atoms with Crippen molar-refractivity contribution in [1.29, 1.82) is 0 Å². The Morgan fingerprint density at radius 3 is 2.60 bits per heavy atom. The molecule has 1 aromatic carbocycles. The molecule has 1 saturated heterocycles. The fourth-order valence-electron chi connectivity index (χ4n) is 2.51. The summed E-state index contributed by atoms with van der Waals surface area (Å²) in [6.07, 6.45) is 2.17. The molecule has 0 bridgehead atoms. The van der Waals surface area contributed by atoms with Crippen LogP contribution in [-0.4, -0.2) is 44.0 Å². The molecular formula is C15H19Cl2NO2. The van der Waals surface area contributed by atoms with Crippen molar-refractivity contribution in [2.75, 3.05) is 33.4 Å². The Bertz CT molecular complexity index is 471. The maximum atomic E-state index is 12.2. The summed E-state index contributed by atoms with van der Waals surface area (Å²) >= 11 is 11.8. The highest BCUT2D eigenvalue weighted by molar-refractivity contribution is 6.42. The molecule has 0 aliphatic carbocycles. The van der Waals surface area contributed by atoms with E-state index in [1.165, 1.54) is 0 Å². The number of ketones is 1. The van der Waals surface area contributed by atoms with Gasteiger partial charge in [0, 0.05) is 19.3 Å². The van der Waals surface area contributed by atoms with E-state index in [2.05, 4.69) is 4.90 Å². The van der Waals surface area contributed by atoms with Crippen LogP contribution in [-0.2, 0) is 4.74 Å². The van der Waals surface area contributed by atoms with Crippen LogP contribution in [0.4, 0.5) is 0 Å². The van der Waals surface area contributed by atoms with Crippen LogP contribution < -0.4 is 0 Å². The molecule has 0 N–H and O–H groups in total. The summed E-state index contributed by atoms with van der Waals surface area (Å²) in [5, 5.41) is 0.903. The second-order valence-corrected chi connectivity index (χ2v) is 6.04. The molecule has 0 aromatic heterocycles. The molecule has 1 aliphatic heterocycles. The molecule has 0 atom stereocenters. The topological polar surface area (TPSA) is 29.5 Å². The first-order valence-corrected chi connectivity index (χ1v) is 7.55. The van der Waals surface area contributed by atoms with E-state index < -0.39 is 0 Å². The summed E-state index contributed by atoms with van der Waals surface area (Å²) in [7, 11) is 1.74. The molecule has 0 radical (unpaired) electrons. The maximum absolute atomic E-state index is 12.2. The van der Waals surface area contributed by atoms with E-state index in [0.717, 1.165) is 32.5 Å². The minimum Gasteiger partial charge on any atom is -0.384 e. The van der Waals surface area contributed by atoms with Gasteiger partial charge in [-0.3, -0.25) is 9.69 Å². The number of hydrogen-bond donors (Lipinski definition) is 0. The molecule has 1 fully saturated rings. The summed E-state index contributed by atoms with van der Waals surface area (Å²) < 4.78 is 5.18. The van der Waals surface area contributed by atoms with E-state index in [1.807, 2.05) is 0 Å². The molecule has 0 amide bonds. The van der Waals surface area contributed by atoms with Crippen molar-refractivity contribution in [3.8, 4) is 0 Å². The number of Topliss-reactive ketones (excluding diaryl/α,β-unsaturated/α-hetero) is 1. The summed E-state index contributed by atoms with van der Waals surface area (Å²) in [5.41, 5.74) is 0.624. The zero-order chi connectivity index (χ0) is 14.5. The Labute approximate surface area is 129 Å². The third-order valence-corrected chi connectivity index (χ3v) is 4.46. The lowest BCUT2D eigenvalue weighted by molar-refractivity contribution is 0.0810. The van der Waals surface area contributed by atoms with Crippen LogP contribution in [0.3, 0.4) is 0 Å². The number of likely N-dealkylation sites (tertiary alicyclic amines) is 1. The van der Waals surface area contributed by atoms with Crippen molar-refractivity contribution < 1.29 is 9.53 Å². The zero-order valence-corrected chi connectivity index (χ0v) is 13.1. The largest absolute Gasteiger partial charge is 0.384 e. The predicted molar refractivity (Wildman–Crippen MR) is 81.8 cm³/mol. The quantitative estimate of drug-likeness (QED) is 0.778. The monoisotopic (exact) mass is 315 g/mol. The van der Waals surface area contributed by atoms with Crippen LogP contribution in [0.2, 0.25) is 10.0 Å². The summed E-state index contributed by atoms with van der Waals surface area (Å²) in [4.78, 5) is 14.4. The van der Waals surface area contributed by atoms with Gasteiger partial charge in [-0.25, -0.2) is 0 Å². The van der Waals surface area contributed by atoms with Crippen LogP contribution in [0.5, 0.6) is 0 Å². The minimum absolute atomic E-state index is 0.0914. The Balaban J connectivity index is 1.87. The third-order valence-electron chi connectivity index (χ3n) is 3.72. The second kappa shape index (κ2) is 7.41. The maximum Gasteiger partial charge on any atom is 0.176 e. The van der Waals surface area contributed by atoms with Crippen LogP contribution in [0.15, 0.2) is 18.2 Å². The van der Waals surface area contributed by atoms with Gasteiger partial charge < -0.3 is 4.74 Å².